The van der Waals surface area contributed by atoms with E-state index < -0.39 is 11.4 Å². The molecule has 1 unspecified atom stereocenters. The van der Waals surface area contributed by atoms with E-state index in [1.165, 1.54) is 6.26 Å². The highest BCUT2D eigenvalue weighted by Crippen LogP contribution is 1.76. The molecule has 0 radical (unpaired) electrons. The number of rotatable bonds is 1. The van der Waals surface area contributed by atoms with Crippen molar-refractivity contribution < 1.29 is 4.55 Å². The van der Waals surface area contributed by atoms with E-state index in [2.05, 4.69) is 4.52 Å². The molecule has 0 saturated heterocycles. The standard InChI is InChI=1S/CH4N2OS/c1-5(4)3-2/h2H,1H3. The van der Waals surface area contributed by atoms with Crippen LogP contribution in [-0.4, -0.2) is 10.8 Å². The van der Waals surface area contributed by atoms with E-state index in [1.54, 1.807) is 0 Å². The van der Waals surface area contributed by atoms with Gasteiger partial charge in [-0.1, -0.05) is 0 Å². The van der Waals surface area contributed by atoms with Gasteiger partial charge in [0.05, 0.1) is 0 Å². The highest BCUT2D eigenvalue weighted by molar-refractivity contribution is 7.89. The zero-order valence-corrected chi connectivity index (χ0v) is 3.58. The van der Waals surface area contributed by atoms with Crippen LogP contribution in [0.15, 0.2) is 4.52 Å². The van der Waals surface area contributed by atoms with E-state index >= 15 is 0 Å². The number of nitrogens with one attached hydrogen (secondary N) is 1. The first-order chi connectivity index (χ1) is 2.27. The Morgan fingerprint density at radius 3 is 2.20 bits per heavy atom. The summed E-state index contributed by atoms with van der Waals surface area (Å²) in [6.07, 6.45) is 1.34. The van der Waals surface area contributed by atoms with Gasteiger partial charge in [-0.3, -0.25) is 0 Å². The van der Waals surface area contributed by atoms with Gasteiger partial charge in [-0.25, -0.2) is 0 Å². The summed E-state index contributed by atoms with van der Waals surface area (Å²) in [7, 11) is 0. The Morgan fingerprint density at radius 2 is 2.20 bits per heavy atom. The Hall–Kier alpha value is -0.0900. The van der Waals surface area contributed by atoms with Gasteiger partial charge in [-0.05, 0) is 0 Å². The molecule has 0 aromatic heterocycles. The van der Waals surface area contributed by atoms with Crippen molar-refractivity contribution in [1.29, 1.82) is 5.53 Å². The van der Waals surface area contributed by atoms with E-state index in [-0.39, 0.29) is 0 Å². The summed E-state index contributed by atoms with van der Waals surface area (Å²) >= 11 is -1.28. The summed E-state index contributed by atoms with van der Waals surface area (Å²) in [5.41, 5.74) is 5.98. The van der Waals surface area contributed by atoms with Crippen molar-refractivity contribution in [2.45, 2.75) is 0 Å². The highest BCUT2D eigenvalue weighted by Gasteiger charge is 1.80. The van der Waals surface area contributed by atoms with Gasteiger partial charge in [0.15, 0.2) is 0 Å². The summed E-state index contributed by atoms with van der Waals surface area (Å²) in [6.45, 7) is 0. The predicted octanol–water partition coefficient (Wildman–Crippen LogP) is 0.311. The average Bonchev–Trinajstić information content (AvgIpc) is 1.38. The van der Waals surface area contributed by atoms with E-state index in [9.17, 15) is 4.55 Å². The van der Waals surface area contributed by atoms with Gasteiger partial charge in [0, 0.05) is 4.52 Å². The normalized spacial score (nSPS) is 14.0. The molecule has 0 aliphatic carbocycles. The van der Waals surface area contributed by atoms with Crippen LogP contribution in [0.5, 0.6) is 0 Å². The van der Waals surface area contributed by atoms with Crippen LogP contribution < -0.4 is 0 Å². The Morgan fingerprint density at radius 1 is 2.00 bits per heavy atom. The fourth-order valence-corrected chi connectivity index (χ4v) is 0. The second kappa shape index (κ2) is 2.17. The summed E-state index contributed by atoms with van der Waals surface area (Å²) in [6, 6.07) is 0. The van der Waals surface area contributed by atoms with Crippen molar-refractivity contribution in [3.8, 4) is 0 Å². The Labute approximate surface area is 33.2 Å². The maximum atomic E-state index is 9.57. The molecule has 3 nitrogen and oxygen atoms in total. The maximum Gasteiger partial charge on any atom is 0.125 e. The van der Waals surface area contributed by atoms with Crippen LogP contribution in [0.4, 0.5) is 0 Å². The molecular weight excluding hydrogens is 88.1 g/mol. The lowest BCUT2D eigenvalue weighted by Gasteiger charge is -1.83. The SMILES string of the molecule is C[S+]([O-])N=N. The molecule has 0 spiro atoms. The molecule has 0 heterocycles. The lowest BCUT2D eigenvalue weighted by atomic mass is 12.0. The number of nitrogens with zero attached hydrogens (tertiary/aromatic N) is 1. The van der Waals surface area contributed by atoms with Crippen molar-refractivity contribution in [1.82, 2.24) is 0 Å². The van der Waals surface area contributed by atoms with Crippen LogP contribution in [0.1, 0.15) is 0 Å². The summed E-state index contributed by atoms with van der Waals surface area (Å²) in [5, 5.41) is 0. The molecule has 0 aliphatic rings. The minimum Gasteiger partial charge on any atom is -0.590 e. The second-order valence-corrected chi connectivity index (χ2v) is 1.55. The van der Waals surface area contributed by atoms with Crippen molar-refractivity contribution in [2.75, 3.05) is 6.26 Å². The van der Waals surface area contributed by atoms with Gasteiger partial charge in [-0.2, -0.15) is 5.53 Å². The van der Waals surface area contributed by atoms with Crippen LogP contribution in [0.3, 0.4) is 0 Å². The highest BCUT2D eigenvalue weighted by atomic mass is 32.2. The minimum atomic E-state index is -1.28. The van der Waals surface area contributed by atoms with Crippen LogP contribution >= 0.6 is 0 Å². The Bertz CT molecular complexity index is 36.6. The molecule has 0 amide bonds. The smallest absolute Gasteiger partial charge is 0.125 e. The molecule has 1 N–H and O–H groups in total. The lowest BCUT2D eigenvalue weighted by molar-refractivity contribution is 0.599. The molecule has 0 aromatic carbocycles. The average molecular weight is 92.1 g/mol. The number of hydrogen-bond donors (Lipinski definition) is 1. The van der Waals surface area contributed by atoms with Gasteiger partial charge < -0.3 is 4.55 Å². The van der Waals surface area contributed by atoms with E-state index in [1.807, 2.05) is 0 Å². The number of hydrogen-bond acceptors (Lipinski definition) is 3. The van der Waals surface area contributed by atoms with Gasteiger partial charge in [0.1, 0.15) is 17.6 Å². The third-order valence-electron chi connectivity index (χ3n) is 0.129. The fourth-order valence-electron chi connectivity index (χ4n) is 0. The van der Waals surface area contributed by atoms with Gasteiger partial charge in [0.2, 0.25) is 0 Å². The molecule has 0 aliphatic heterocycles. The summed E-state index contributed by atoms with van der Waals surface area (Å²) in [4.78, 5) is 0. The molecule has 0 fully saturated rings. The van der Waals surface area contributed by atoms with Crippen LogP contribution in [0.2, 0.25) is 0 Å². The van der Waals surface area contributed by atoms with E-state index in [0.717, 1.165) is 0 Å². The third kappa shape index (κ3) is 3.91. The minimum absolute atomic E-state index is 1.28. The van der Waals surface area contributed by atoms with E-state index in [0.29, 0.717) is 0 Å². The second-order valence-electron chi connectivity index (χ2n) is 0.515. The molecule has 0 bridgehead atoms. The van der Waals surface area contributed by atoms with E-state index in [4.69, 9.17) is 5.53 Å². The van der Waals surface area contributed by atoms with Gasteiger partial charge >= 0.3 is 0 Å². The molecular formula is CH4N2OS. The molecule has 0 saturated carbocycles. The Kier molecular flexibility index (Phi) is 2.13. The lowest BCUT2D eigenvalue weighted by Crippen LogP contribution is -1.84. The van der Waals surface area contributed by atoms with Crippen molar-refractivity contribution in [3.63, 3.8) is 0 Å². The predicted molar refractivity (Wildman–Crippen MR) is 19.2 cm³/mol. The van der Waals surface area contributed by atoms with Crippen LogP contribution in [0, 0.1) is 5.53 Å². The van der Waals surface area contributed by atoms with Crippen molar-refractivity contribution >= 4 is 11.4 Å². The topological polar surface area (TPSA) is 59.3 Å². The van der Waals surface area contributed by atoms with Crippen molar-refractivity contribution in [2.24, 2.45) is 4.52 Å². The van der Waals surface area contributed by atoms with Crippen LogP contribution in [-0.2, 0) is 11.4 Å². The zero-order chi connectivity index (χ0) is 4.28. The summed E-state index contributed by atoms with van der Waals surface area (Å²) < 4.78 is 12.2. The van der Waals surface area contributed by atoms with Crippen molar-refractivity contribution in [3.05, 3.63) is 0 Å². The maximum absolute atomic E-state index is 9.57. The van der Waals surface area contributed by atoms with Gasteiger partial charge in [0.25, 0.3) is 0 Å². The molecule has 5 heavy (non-hydrogen) atoms. The van der Waals surface area contributed by atoms with Crippen LogP contribution in [0.25, 0.3) is 0 Å². The first-order valence-electron chi connectivity index (χ1n) is 0.981. The van der Waals surface area contributed by atoms with Gasteiger partial charge in [-0.15, -0.1) is 0 Å². The first-order valence-corrected chi connectivity index (χ1v) is 2.50. The molecule has 0 aromatic rings. The largest absolute Gasteiger partial charge is 0.590 e. The third-order valence-corrected chi connectivity index (χ3v) is 0.386. The Balaban J connectivity index is 2.83. The molecule has 4 heteroatoms. The zero-order valence-electron chi connectivity index (χ0n) is 2.76. The first kappa shape index (κ1) is 4.91. The fraction of sp³-hybridized carbons (Fsp3) is 1.00. The monoisotopic (exact) mass is 92.0 g/mol. The molecule has 30 valence electrons. The quantitative estimate of drug-likeness (QED) is 0.367. The summed E-state index contributed by atoms with van der Waals surface area (Å²) in [5.74, 6) is 0. The molecule has 1 atom stereocenters. The molecule has 0 rings (SSSR count).